The highest BCUT2D eigenvalue weighted by molar-refractivity contribution is 9.10. The first-order valence-electron chi connectivity index (χ1n) is 7.95. The summed E-state index contributed by atoms with van der Waals surface area (Å²) < 4.78 is 3.40. The summed E-state index contributed by atoms with van der Waals surface area (Å²) >= 11 is 9.87. The Kier molecular flexibility index (Phi) is 4.90. The Morgan fingerprint density at radius 3 is 2.81 bits per heavy atom. The molecule has 2 aromatic rings. The van der Waals surface area contributed by atoms with Gasteiger partial charge in [-0.25, -0.2) is 4.98 Å². The van der Waals surface area contributed by atoms with Gasteiger partial charge in [0, 0.05) is 11.0 Å². The number of hydrogen-bond donors (Lipinski definition) is 0. The average molecular weight is 370 g/mol. The molecule has 0 amide bonds. The van der Waals surface area contributed by atoms with E-state index in [2.05, 4.69) is 38.7 Å². The van der Waals surface area contributed by atoms with Crippen LogP contribution in [0.4, 0.5) is 0 Å². The normalized spacial score (nSPS) is 18.2. The Hall–Kier alpha value is -0.540. The van der Waals surface area contributed by atoms with Gasteiger partial charge in [0.15, 0.2) is 0 Å². The van der Waals surface area contributed by atoms with Crippen LogP contribution in [0, 0.1) is 5.92 Å². The van der Waals surface area contributed by atoms with Crippen molar-refractivity contribution in [1.82, 2.24) is 9.55 Å². The monoisotopic (exact) mass is 368 g/mol. The predicted molar refractivity (Wildman–Crippen MR) is 92.9 cm³/mol. The van der Waals surface area contributed by atoms with Crippen LogP contribution in [0.5, 0.6) is 0 Å². The third-order valence-electron chi connectivity index (χ3n) is 4.58. The van der Waals surface area contributed by atoms with E-state index >= 15 is 0 Å². The molecule has 0 radical (unpaired) electrons. The van der Waals surface area contributed by atoms with Crippen LogP contribution in [0.2, 0.25) is 0 Å². The van der Waals surface area contributed by atoms with E-state index in [1.807, 2.05) is 6.92 Å². The third kappa shape index (κ3) is 3.45. The Labute approximate surface area is 140 Å². The van der Waals surface area contributed by atoms with Crippen LogP contribution in [0.15, 0.2) is 22.7 Å². The molecule has 1 aromatic heterocycles. The molecule has 1 heterocycles. The zero-order valence-corrected chi connectivity index (χ0v) is 14.8. The number of hydrogen-bond acceptors (Lipinski definition) is 1. The van der Waals surface area contributed by atoms with Crippen molar-refractivity contribution in [1.29, 1.82) is 0 Å². The van der Waals surface area contributed by atoms with Crippen molar-refractivity contribution in [3.63, 3.8) is 0 Å². The van der Waals surface area contributed by atoms with Crippen molar-refractivity contribution in [3.05, 3.63) is 28.5 Å². The minimum absolute atomic E-state index is 0.0532. The van der Waals surface area contributed by atoms with Gasteiger partial charge in [0.2, 0.25) is 0 Å². The predicted octanol–water partition coefficient (Wildman–Crippen LogP) is 6.07. The molecule has 0 aliphatic heterocycles. The zero-order chi connectivity index (χ0) is 14.8. The lowest BCUT2D eigenvalue weighted by Crippen LogP contribution is -2.12. The van der Waals surface area contributed by atoms with Crippen LogP contribution in [-0.4, -0.2) is 9.55 Å². The lowest BCUT2D eigenvalue weighted by Gasteiger charge is -2.22. The molecule has 0 bridgehead atoms. The molecule has 1 aliphatic carbocycles. The van der Waals surface area contributed by atoms with E-state index in [1.165, 1.54) is 44.0 Å². The van der Waals surface area contributed by atoms with E-state index < -0.39 is 0 Å². The molecular formula is C17H22BrClN2. The first-order chi connectivity index (χ1) is 10.1. The smallest absolute Gasteiger partial charge is 0.127 e. The summed E-state index contributed by atoms with van der Waals surface area (Å²) in [5.74, 6) is 1.88. The summed E-state index contributed by atoms with van der Waals surface area (Å²) in [4.78, 5) is 4.74. The van der Waals surface area contributed by atoms with Gasteiger partial charge >= 0.3 is 0 Å². The summed E-state index contributed by atoms with van der Waals surface area (Å²) in [7, 11) is 0. The molecular weight excluding hydrogens is 348 g/mol. The maximum atomic E-state index is 6.35. The van der Waals surface area contributed by atoms with Gasteiger partial charge in [-0.05, 0) is 37.5 Å². The molecule has 114 valence electrons. The largest absolute Gasteiger partial charge is 0.327 e. The number of rotatable bonds is 4. The molecule has 2 nitrogen and oxygen atoms in total. The highest BCUT2D eigenvalue weighted by atomic mass is 79.9. The Morgan fingerprint density at radius 1 is 1.33 bits per heavy atom. The van der Waals surface area contributed by atoms with Crippen molar-refractivity contribution in [2.24, 2.45) is 5.92 Å². The molecule has 1 aliphatic rings. The van der Waals surface area contributed by atoms with Crippen molar-refractivity contribution in [2.45, 2.75) is 57.4 Å². The quantitative estimate of drug-likeness (QED) is 0.598. The van der Waals surface area contributed by atoms with Crippen molar-refractivity contribution < 1.29 is 0 Å². The molecule has 4 heteroatoms. The molecule has 1 atom stereocenters. The summed E-state index contributed by atoms with van der Waals surface area (Å²) in [5, 5.41) is -0.0532. The zero-order valence-electron chi connectivity index (χ0n) is 12.5. The van der Waals surface area contributed by atoms with E-state index in [0.717, 1.165) is 28.3 Å². The Morgan fingerprint density at radius 2 is 2.10 bits per heavy atom. The minimum atomic E-state index is -0.0532. The summed E-state index contributed by atoms with van der Waals surface area (Å²) in [6.07, 6.45) is 8.26. The standard InChI is InChI=1S/C17H22BrClN2/c1-12(19)17-20-15-11-14(18)7-8-16(15)21(17)10-9-13-5-3-2-4-6-13/h7-8,11-13H,2-6,9-10H2,1H3. The van der Waals surface area contributed by atoms with E-state index in [4.69, 9.17) is 16.6 Å². The topological polar surface area (TPSA) is 17.8 Å². The fourth-order valence-corrected chi connectivity index (χ4v) is 3.96. The van der Waals surface area contributed by atoms with Gasteiger partial charge in [0.25, 0.3) is 0 Å². The molecule has 0 N–H and O–H groups in total. The molecule has 1 fully saturated rings. The maximum absolute atomic E-state index is 6.35. The van der Waals surface area contributed by atoms with Crippen LogP contribution in [0.3, 0.4) is 0 Å². The molecule has 21 heavy (non-hydrogen) atoms. The number of nitrogens with zero attached hydrogens (tertiary/aromatic N) is 2. The summed E-state index contributed by atoms with van der Waals surface area (Å²) in [6, 6.07) is 6.31. The Balaban J connectivity index is 1.86. The van der Waals surface area contributed by atoms with Crippen LogP contribution in [-0.2, 0) is 6.54 Å². The van der Waals surface area contributed by atoms with Crippen molar-refractivity contribution >= 4 is 38.6 Å². The van der Waals surface area contributed by atoms with Gasteiger partial charge in [0.05, 0.1) is 16.4 Å². The average Bonchev–Trinajstić information content (AvgIpc) is 2.84. The van der Waals surface area contributed by atoms with Gasteiger partial charge in [0.1, 0.15) is 5.82 Å². The molecule has 1 aromatic carbocycles. The van der Waals surface area contributed by atoms with E-state index in [0.29, 0.717) is 0 Å². The molecule has 0 spiro atoms. The summed E-state index contributed by atoms with van der Waals surface area (Å²) in [5.41, 5.74) is 2.24. The van der Waals surface area contributed by atoms with E-state index in [-0.39, 0.29) is 5.38 Å². The third-order valence-corrected chi connectivity index (χ3v) is 5.27. The van der Waals surface area contributed by atoms with Crippen molar-refractivity contribution in [3.8, 4) is 0 Å². The van der Waals surface area contributed by atoms with E-state index in [9.17, 15) is 0 Å². The van der Waals surface area contributed by atoms with Crippen LogP contribution < -0.4 is 0 Å². The van der Waals surface area contributed by atoms with Gasteiger partial charge < -0.3 is 4.57 Å². The number of benzene rings is 1. The van der Waals surface area contributed by atoms with Gasteiger partial charge in [-0.15, -0.1) is 11.6 Å². The molecule has 1 saturated carbocycles. The number of alkyl halides is 1. The first kappa shape index (κ1) is 15.4. The number of aromatic nitrogens is 2. The fourth-order valence-electron chi connectivity index (χ4n) is 3.45. The number of imidazole rings is 1. The molecule has 3 rings (SSSR count). The van der Waals surface area contributed by atoms with Gasteiger partial charge in [-0.3, -0.25) is 0 Å². The molecule has 0 saturated heterocycles. The maximum Gasteiger partial charge on any atom is 0.127 e. The highest BCUT2D eigenvalue weighted by Crippen LogP contribution is 2.30. The van der Waals surface area contributed by atoms with Crippen LogP contribution in [0.1, 0.15) is 56.7 Å². The van der Waals surface area contributed by atoms with Crippen LogP contribution >= 0.6 is 27.5 Å². The first-order valence-corrected chi connectivity index (χ1v) is 9.18. The number of aryl methyl sites for hydroxylation is 1. The lowest BCUT2D eigenvalue weighted by atomic mass is 9.87. The highest BCUT2D eigenvalue weighted by Gasteiger charge is 2.18. The second kappa shape index (κ2) is 6.70. The molecule has 1 unspecified atom stereocenters. The van der Waals surface area contributed by atoms with Gasteiger partial charge in [-0.1, -0.05) is 48.0 Å². The van der Waals surface area contributed by atoms with E-state index in [1.54, 1.807) is 0 Å². The fraction of sp³-hybridized carbons (Fsp3) is 0.588. The summed E-state index contributed by atoms with van der Waals surface area (Å²) in [6.45, 7) is 3.05. The second-order valence-electron chi connectivity index (χ2n) is 6.16. The number of fused-ring (bicyclic) bond motifs is 1. The SMILES string of the molecule is CC(Cl)c1nc2cc(Br)ccc2n1CCC1CCCCC1. The lowest BCUT2D eigenvalue weighted by molar-refractivity contribution is 0.324. The van der Waals surface area contributed by atoms with Gasteiger partial charge in [-0.2, -0.15) is 0 Å². The second-order valence-corrected chi connectivity index (χ2v) is 7.73. The Bertz CT molecular complexity index is 615. The van der Waals surface area contributed by atoms with Crippen LogP contribution in [0.25, 0.3) is 11.0 Å². The number of halogens is 2. The van der Waals surface area contributed by atoms with Crippen molar-refractivity contribution in [2.75, 3.05) is 0 Å². The minimum Gasteiger partial charge on any atom is -0.327 e.